The predicted molar refractivity (Wildman–Crippen MR) is 141 cm³/mol. The first-order chi connectivity index (χ1) is 16.4. The number of aromatic amines is 1. The van der Waals surface area contributed by atoms with Gasteiger partial charge in [0, 0.05) is 42.8 Å². The van der Waals surface area contributed by atoms with Crippen LogP contribution in [0.5, 0.6) is 0 Å². The van der Waals surface area contributed by atoms with Crippen molar-refractivity contribution in [1.82, 2.24) is 14.8 Å². The van der Waals surface area contributed by atoms with Crippen molar-refractivity contribution >= 4 is 10.9 Å². The van der Waals surface area contributed by atoms with E-state index in [0.717, 1.165) is 31.7 Å². The van der Waals surface area contributed by atoms with Gasteiger partial charge in [0.25, 0.3) is 0 Å². The lowest BCUT2D eigenvalue weighted by molar-refractivity contribution is 0.0714. The Labute approximate surface area is 205 Å². The summed E-state index contributed by atoms with van der Waals surface area (Å²) in [6.07, 6.45) is 9.04. The van der Waals surface area contributed by atoms with Crippen molar-refractivity contribution in [1.29, 1.82) is 0 Å². The van der Waals surface area contributed by atoms with Crippen LogP contribution in [-0.4, -0.2) is 57.7 Å². The molecule has 0 aliphatic carbocycles. The van der Waals surface area contributed by atoms with Crippen LogP contribution in [0.2, 0.25) is 0 Å². The van der Waals surface area contributed by atoms with Crippen LogP contribution in [-0.2, 0) is 19.4 Å². The molecule has 0 amide bonds. The summed E-state index contributed by atoms with van der Waals surface area (Å²) in [4.78, 5) is 8.93. The molecule has 4 nitrogen and oxygen atoms in total. The van der Waals surface area contributed by atoms with Crippen molar-refractivity contribution in [3.8, 4) is 0 Å². The minimum absolute atomic E-state index is 0.614. The highest BCUT2D eigenvalue weighted by Gasteiger charge is 2.30. The van der Waals surface area contributed by atoms with E-state index >= 15 is 0 Å². The van der Waals surface area contributed by atoms with Gasteiger partial charge in [0.05, 0.1) is 5.60 Å². The Kier molecular flexibility index (Phi) is 7.10. The average Bonchev–Trinajstić information content (AvgIpc) is 3.54. The van der Waals surface area contributed by atoms with Gasteiger partial charge in [-0.3, -0.25) is 9.80 Å². The number of hydrogen-bond donors (Lipinski definition) is 2. The Balaban J connectivity index is 1.19. The van der Waals surface area contributed by atoms with Crippen LogP contribution < -0.4 is 0 Å². The Bertz CT molecular complexity index is 1070. The third-order valence-corrected chi connectivity index (χ3v) is 7.92. The molecule has 1 aromatic heterocycles. The molecule has 2 fully saturated rings. The summed E-state index contributed by atoms with van der Waals surface area (Å²) in [5, 5.41) is 11.5. The zero-order chi connectivity index (χ0) is 23.5. The number of aryl methyl sites for hydroxylation is 1. The summed E-state index contributed by atoms with van der Waals surface area (Å²) in [5.41, 5.74) is 4.83. The fraction of sp³-hybridized carbons (Fsp3) is 0.533. The van der Waals surface area contributed by atoms with E-state index in [0.29, 0.717) is 6.04 Å². The standard InChI is InChI=1S/C30H41N3O/c1-30(2,34)14-12-23-10-11-29-28(17-23)26(19-31-29)18-27-9-6-15-33(27)22-25-13-16-32(21-25)20-24-7-4-3-5-8-24/h3-5,7-8,10-11,17,19,25,27,31,34H,6,9,12-16,18,20-22H2,1-2H3/t25-,27+/m0/s1. The van der Waals surface area contributed by atoms with E-state index in [4.69, 9.17) is 0 Å². The van der Waals surface area contributed by atoms with E-state index in [9.17, 15) is 5.11 Å². The molecule has 5 rings (SSSR count). The molecule has 2 atom stereocenters. The third-order valence-electron chi connectivity index (χ3n) is 7.92. The second kappa shape index (κ2) is 10.2. The molecular formula is C30H41N3O. The number of fused-ring (bicyclic) bond motifs is 1. The number of hydrogen-bond acceptors (Lipinski definition) is 3. The highest BCUT2D eigenvalue weighted by atomic mass is 16.3. The zero-order valence-corrected chi connectivity index (χ0v) is 21.0. The van der Waals surface area contributed by atoms with Gasteiger partial charge >= 0.3 is 0 Å². The lowest BCUT2D eigenvalue weighted by Gasteiger charge is -2.27. The number of benzene rings is 2. The zero-order valence-electron chi connectivity index (χ0n) is 21.0. The van der Waals surface area contributed by atoms with Gasteiger partial charge in [-0.2, -0.15) is 0 Å². The van der Waals surface area contributed by atoms with Crippen molar-refractivity contribution in [2.24, 2.45) is 5.92 Å². The fourth-order valence-electron chi connectivity index (χ4n) is 6.00. The largest absolute Gasteiger partial charge is 0.390 e. The van der Waals surface area contributed by atoms with Gasteiger partial charge in [0.2, 0.25) is 0 Å². The van der Waals surface area contributed by atoms with Crippen molar-refractivity contribution in [3.63, 3.8) is 0 Å². The molecule has 3 heterocycles. The SMILES string of the molecule is CC(C)(O)CCc1ccc2[nH]cc(C[C@H]3CCCN3C[C@H]3CCN(Cc4ccccc4)C3)c2c1. The molecule has 2 aliphatic heterocycles. The van der Waals surface area contributed by atoms with Crippen LogP contribution in [0.1, 0.15) is 56.2 Å². The van der Waals surface area contributed by atoms with Crippen LogP contribution in [0.3, 0.4) is 0 Å². The normalized spacial score (nSPS) is 22.2. The molecule has 0 saturated carbocycles. The van der Waals surface area contributed by atoms with Gasteiger partial charge in [0.15, 0.2) is 0 Å². The minimum Gasteiger partial charge on any atom is -0.390 e. The molecule has 0 radical (unpaired) electrons. The summed E-state index contributed by atoms with van der Waals surface area (Å²) in [6.45, 7) is 9.84. The molecule has 4 heteroatoms. The molecule has 0 spiro atoms. The smallest absolute Gasteiger partial charge is 0.0594 e. The summed E-state index contributed by atoms with van der Waals surface area (Å²) < 4.78 is 0. The molecule has 2 aliphatic rings. The molecule has 2 aromatic carbocycles. The van der Waals surface area contributed by atoms with Crippen molar-refractivity contribution in [2.45, 2.75) is 70.6 Å². The van der Waals surface area contributed by atoms with Gasteiger partial charge in [-0.15, -0.1) is 0 Å². The van der Waals surface area contributed by atoms with Crippen LogP contribution in [0.4, 0.5) is 0 Å². The Hall–Kier alpha value is -2.14. The minimum atomic E-state index is -0.614. The predicted octanol–water partition coefficient (Wildman–Crippen LogP) is 5.40. The maximum absolute atomic E-state index is 10.1. The van der Waals surface area contributed by atoms with E-state index < -0.39 is 5.60 Å². The first kappa shape index (κ1) is 23.6. The second-order valence-electron chi connectivity index (χ2n) is 11.4. The van der Waals surface area contributed by atoms with Gasteiger partial charge in [0.1, 0.15) is 0 Å². The molecule has 0 unspecified atom stereocenters. The number of rotatable bonds is 9. The molecule has 2 N–H and O–H groups in total. The lowest BCUT2D eigenvalue weighted by Crippen LogP contribution is -2.36. The number of H-pyrrole nitrogens is 1. The Morgan fingerprint density at radius 2 is 1.88 bits per heavy atom. The van der Waals surface area contributed by atoms with Crippen molar-refractivity contribution in [2.75, 3.05) is 26.2 Å². The number of aromatic nitrogens is 1. The first-order valence-corrected chi connectivity index (χ1v) is 13.2. The molecule has 3 aromatic rings. The third kappa shape index (κ3) is 5.91. The highest BCUT2D eigenvalue weighted by Crippen LogP contribution is 2.29. The molecule has 34 heavy (non-hydrogen) atoms. The Morgan fingerprint density at radius 3 is 2.71 bits per heavy atom. The van der Waals surface area contributed by atoms with Crippen LogP contribution >= 0.6 is 0 Å². The quantitative estimate of drug-likeness (QED) is 0.450. The van der Waals surface area contributed by atoms with E-state index in [1.54, 1.807) is 0 Å². The Morgan fingerprint density at radius 1 is 1.03 bits per heavy atom. The van der Waals surface area contributed by atoms with Gasteiger partial charge in [-0.25, -0.2) is 0 Å². The van der Waals surface area contributed by atoms with E-state index in [1.165, 1.54) is 73.0 Å². The van der Waals surface area contributed by atoms with E-state index in [-0.39, 0.29) is 0 Å². The maximum atomic E-state index is 10.1. The number of aliphatic hydroxyl groups is 1. The topological polar surface area (TPSA) is 42.5 Å². The number of likely N-dealkylation sites (tertiary alicyclic amines) is 2. The van der Waals surface area contributed by atoms with Crippen LogP contribution in [0, 0.1) is 5.92 Å². The molecule has 0 bridgehead atoms. The summed E-state index contributed by atoms with van der Waals surface area (Å²) in [7, 11) is 0. The van der Waals surface area contributed by atoms with Gasteiger partial charge in [-0.05, 0) is 100 Å². The number of nitrogens with zero attached hydrogens (tertiary/aromatic N) is 2. The van der Waals surface area contributed by atoms with E-state index in [1.807, 2.05) is 13.8 Å². The molecule has 2 saturated heterocycles. The van der Waals surface area contributed by atoms with Gasteiger partial charge < -0.3 is 10.1 Å². The highest BCUT2D eigenvalue weighted by molar-refractivity contribution is 5.84. The summed E-state index contributed by atoms with van der Waals surface area (Å²) in [5.74, 6) is 0.792. The summed E-state index contributed by atoms with van der Waals surface area (Å²) in [6, 6.07) is 18.3. The average molecular weight is 460 g/mol. The first-order valence-electron chi connectivity index (χ1n) is 13.2. The van der Waals surface area contributed by atoms with Crippen LogP contribution in [0.15, 0.2) is 54.7 Å². The summed E-state index contributed by atoms with van der Waals surface area (Å²) >= 11 is 0. The van der Waals surface area contributed by atoms with Crippen molar-refractivity contribution in [3.05, 3.63) is 71.4 Å². The molecular weight excluding hydrogens is 418 g/mol. The van der Waals surface area contributed by atoms with E-state index in [2.05, 4.69) is 69.5 Å². The van der Waals surface area contributed by atoms with Crippen molar-refractivity contribution < 1.29 is 5.11 Å². The monoisotopic (exact) mass is 459 g/mol. The fourth-order valence-corrected chi connectivity index (χ4v) is 6.00. The van der Waals surface area contributed by atoms with Gasteiger partial charge in [-0.1, -0.05) is 36.4 Å². The van der Waals surface area contributed by atoms with Crippen LogP contribution in [0.25, 0.3) is 10.9 Å². The second-order valence-corrected chi connectivity index (χ2v) is 11.4. The maximum Gasteiger partial charge on any atom is 0.0594 e. The molecule has 182 valence electrons. The number of nitrogens with one attached hydrogen (secondary N) is 1. The lowest BCUT2D eigenvalue weighted by atomic mass is 9.96.